The Kier molecular flexibility index (Phi) is 7.21. The van der Waals surface area contributed by atoms with Gasteiger partial charge in [-0.2, -0.15) is 0 Å². The Morgan fingerprint density at radius 1 is 1.53 bits per heavy atom. The maximum Gasteiger partial charge on any atom is 0.222 e. The van der Waals surface area contributed by atoms with E-state index in [2.05, 4.69) is 5.32 Å². The molecule has 1 aliphatic rings. The van der Waals surface area contributed by atoms with Crippen LogP contribution in [0.1, 0.15) is 32.6 Å². The van der Waals surface area contributed by atoms with Gasteiger partial charge in [-0.3, -0.25) is 4.79 Å². The smallest absolute Gasteiger partial charge is 0.222 e. The second-order valence-electron chi connectivity index (χ2n) is 4.76. The fourth-order valence-corrected chi connectivity index (χ4v) is 2.16. The minimum atomic E-state index is 0.246. The molecule has 1 amide bonds. The van der Waals surface area contributed by atoms with Gasteiger partial charge in [-0.1, -0.05) is 0 Å². The van der Waals surface area contributed by atoms with Gasteiger partial charge in [0.15, 0.2) is 0 Å². The molecule has 100 valence electrons. The van der Waals surface area contributed by atoms with E-state index in [4.69, 9.17) is 4.74 Å². The van der Waals surface area contributed by atoms with Crippen molar-refractivity contribution in [1.82, 2.24) is 10.2 Å². The van der Waals surface area contributed by atoms with Crippen LogP contribution in [0.25, 0.3) is 0 Å². The third-order valence-electron chi connectivity index (χ3n) is 3.37. The number of hydrogen-bond donors (Lipinski definition) is 1. The molecule has 0 aromatic heterocycles. The molecule has 0 bridgehead atoms. The number of ether oxygens (including phenoxy) is 1. The lowest BCUT2D eigenvalue weighted by Crippen LogP contribution is -2.33. The molecule has 1 unspecified atom stereocenters. The van der Waals surface area contributed by atoms with E-state index >= 15 is 0 Å². The van der Waals surface area contributed by atoms with Crippen LogP contribution in [0.4, 0.5) is 0 Å². The van der Waals surface area contributed by atoms with Gasteiger partial charge in [0.1, 0.15) is 0 Å². The third kappa shape index (κ3) is 6.03. The number of nitrogens with one attached hydrogen (secondary N) is 1. The molecule has 1 atom stereocenters. The van der Waals surface area contributed by atoms with Gasteiger partial charge in [-0.05, 0) is 45.2 Å². The van der Waals surface area contributed by atoms with Crippen LogP contribution < -0.4 is 5.32 Å². The fraction of sp³-hybridized carbons (Fsp3) is 0.923. The number of amides is 1. The molecule has 0 aliphatic carbocycles. The molecule has 1 aliphatic heterocycles. The number of nitrogens with zero attached hydrogens (tertiary/aromatic N) is 1. The maximum atomic E-state index is 11.8. The molecule has 1 rings (SSSR count). The summed E-state index contributed by atoms with van der Waals surface area (Å²) in [5.41, 5.74) is 0. The Morgan fingerprint density at radius 3 is 3.00 bits per heavy atom. The molecule has 0 spiro atoms. The van der Waals surface area contributed by atoms with Crippen molar-refractivity contribution in [3.8, 4) is 0 Å². The van der Waals surface area contributed by atoms with Gasteiger partial charge in [0.25, 0.3) is 0 Å². The minimum absolute atomic E-state index is 0.246. The van der Waals surface area contributed by atoms with Crippen molar-refractivity contribution in [1.29, 1.82) is 0 Å². The molecule has 1 fully saturated rings. The predicted octanol–water partition coefficient (Wildman–Crippen LogP) is 1.26. The summed E-state index contributed by atoms with van der Waals surface area (Å²) in [4.78, 5) is 13.6. The van der Waals surface area contributed by atoms with Gasteiger partial charge in [0.05, 0.1) is 6.61 Å². The molecule has 1 saturated heterocycles. The van der Waals surface area contributed by atoms with Crippen LogP contribution in [0.2, 0.25) is 0 Å². The van der Waals surface area contributed by atoms with E-state index in [0.717, 1.165) is 26.1 Å². The van der Waals surface area contributed by atoms with Gasteiger partial charge in [0.2, 0.25) is 5.91 Å². The Bertz CT molecular complexity index is 215. The third-order valence-corrected chi connectivity index (χ3v) is 3.37. The average molecular weight is 242 g/mol. The first-order chi connectivity index (χ1) is 8.24. The highest BCUT2D eigenvalue weighted by Gasteiger charge is 2.15. The lowest BCUT2D eigenvalue weighted by molar-refractivity contribution is -0.130. The minimum Gasteiger partial charge on any atom is -0.380 e. The first-order valence-corrected chi connectivity index (χ1v) is 6.76. The zero-order chi connectivity index (χ0) is 12.5. The average Bonchev–Trinajstić information content (AvgIpc) is 2.37. The first kappa shape index (κ1) is 14.5. The molecule has 4 heteroatoms. The summed E-state index contributed by atoms with van der Waals surface area (Å²) in [6.07, 6.45) is 4.21. The van der Waals surface area contributed by atoms with Crippen LogP contribution in [0.3, 0.4) is 0 Å². The predicted molar refractivity (Wildman–Crippen MR) is 69.0 cm³/mol. The summed E-state index contributed by atoms with van der Waals surface area (Å²) in [6.45, 7) is 6.25. The zero-order valence-electron chi connectivity index (χ0n) is 11.2. The monoisotopic (exact) mass is 242 g/mol. The molecule has 1 heterocycles. The molecule has 1 N–H and O–H groups in total. The number of carbonyl (C=O) groups is 1. The van der Waals surface area contributed by atoms with E-state index in [9.17, 15) is 4.79 Å². The summed E-state index contributed by atoms with van der Waals surface area (Å²) in [6, 6.07) is 0. The second kappa shape index (κ2) is 8.48. The van der Waals surface area contributed by atoms with E-state index < -0.39 is 0 Å². The van der Waals surface area contributed by atoms with Gasteiger partial charge in [-0.25, -0.2) is 0 Å². The van der Waals surface area contributed by atoms with E-state index in [-0.39, 0.29) is 5.91 Å². The van der Waals surface area contributed by atoms with Crippen molar-refractivity contribution < 1.29 is 9.53 Å². The number of rotatable bonds is 7. The molecular formula is C13H26N2O2. The van der Waals surface area contributed by atoms with Crippen molar-refractivity contribution in [2.24, 2.45) is 5.92 Å². The quantitative estimate of drug-likeness (QED) is 0.683. The number of carbonyl (C=O) groups excluding carboxylic acids is 1. The van der Waals surface area contributed by atoms with Crippen LogP contribution in [0, 0.1) is 5.92 Å². The Morgan fingerprint density at radius 2 is 2.35 bits per heavy atom. The van der Waals surface area contributed by atoms with E-state index in [1.165, 1.54) is 12.8 Å². The van der Waals surface area contributed by atoms with Crippen LogP contribution in [0.15, 0.2) is 0 Å². The lowest BCUT2D eigenvalue weighted by atomic mass is 9.94. The van der Waals surface area contributed by atoms with Crippen molar-refractivity contribution in [2.45, 2.75) is 32.6 Å². The summed E-state index contributed by atoms with van der Waals surface area (Å²) < 4.78 is 5.24. The van der Waals surface area contributed by atoms with Gasteiger partial charge in [-0.15, -0.1) is 0 Å². The Labute approximate surface area is 105 Å². The molecular weight excluding hydrogens is 216 g/mol. The largest absolute Gasteiger partial charge is 0.380 e. The summed E-state index contributed by atoms with van der Waals surface area (Å²) in [5.74, 6) is 0.934. The Hall–Kier alpha value is -0.610. The van der Waals surface area contributed by atoms with Gasteiger partial charge in [0, 0.05) is 26.6 Å². The van der Waals surface area contributed by atoms with E-state index in [1.807, 2.05) is 14.0 Å². The molecule has 0 aromatic carbocycles. The van der Waals surface area contributed by atoms with E-state index in [0.29, 0.717) is 25.5 Å². The van der Waals surface area contributed by atoms with Crippen LogP contribution >= 0.6 is 0 Å². The first-order valence-electron chi connectivity index (χ1n) is 6.76. The van der Waals surface area contributed by atoms with Crippen LogP contribution in [0.5, 0.6) is 0 Å². The SMILES string of the molecule is CCOCCN(C)C(=O)CCC1CCCNC1. The Balaban J connectivity index is 2.10. The topological polar surface area (TPSA) is 41.6 Å². The summed E-state index contributed by atoms with van der Waals surface area (Å²) in [5, 5.41) is 3.38. The van der Waals surface area contributed by atoms with Crippen molar-refractivity contribution >= 4 is 5.91 Å². The lowest BCUT2D eigenvalue weighted by Gasteiger charge is -2.23. The van der Waals surface area contributed by atoms with Crippen LogP contribution in [-0.4, -0.2) is 50.7 Å². The normalized spacial score (nSPS) is 20.2. The molecule has 0 aromatic rings. The number of hydrogen-bond acceptors (Lipinski definition) is 3. The molecule has 0 saturated carbocycles. The molecule has 0 radical (unpaired) electrons. The fourth-order valence-electron chi connectivity index (χ4n) is 2.16. The highest BCUT2D eigenvalue weighted by atomic mass is 16.5. The maximum absolute atomic E-state index is 11.8. The van der Waals surface area contributed by atoms with Crippen molar-refractivity contribution in [3.05, 3.63) is 0 Å². The second-order valence-corrected chi connectivity index (χ2v) is 4.76. The number of likely N-dealkylation sites (N-methyl/N-ethyl adjacent to an activating group) is 1. The number of piperidine rings is 1. The van der Waals surface area contributed by atoms with Gasteiger partial charge >= 0.3 is 0 Å². The van der Waals surface area contributed by atoms with E-state index in [1.54, 1.807) is 4.90 Å². The molecule has 4 nitrogen and oxygen atoms in total. The zero-order valence-corrected chi connectivity index (χ0v) is 11.2. The van der Waals surface area contributed by atoms with Crippen LogP contribution in [-0.2, 0) is 9.53 Å². The van der Waals surface area contributed by atoms with Gasteiger partial charge < -0.3 is 15.0 Å². The highest BCUT2D eigenvalue weighted by Crippen LogP contribution is 2.16. The molecule has 17 heavy (non-hydrogen) atoms. The standard InChI is InChI=1S/C13H26N2O2/c1-3-17-10-9-15(2)13(16)7-6-12-5-4-8-14-11-12/h12,14H,3-11H2,1-2H3. The van der Waals surface area contributed by atoms with Crippen molar-refractivity contribution in [2.75, 3.05) is 39.9 Å². The summed E-state index contributed by atoms with van der Waals surface area (Å²) >= 11 is 0. The van der Waals surface area contributed by atoms with Crippen molar-refractivity contribution in [3.63, 3.8) is 0 Å². The summed E-state index contributed by atoms with van der Waals surface area (Å²) in [7, 11) is 1.86. The highest BCUT2D eigenvalue weighted by molar-refractivity contribution is 5.75.